The van der Waals surface area contributed by atoms with E-state index in [1.54, 1.807) is 13.8 Å². The van der Waals surface area contributed by atoms with E-state index < -0.39 is 15.4 Å². The van der Waals surface area contributed by atoms with Gasteiger partial charge >= 0.3 is 0 Å². The number of nitrogens with one attached hydrogen (secondary N) is 1. The maximum Gasteiger partial charge on any atom is 0.229 e. The van der Waals surface area contributed by atoms with Crippen molar-refractivity contribution in [3.63, 3.8) is 0 Å². The van der Waals surface area contributed by atoms with Crippen LogP contribution in [0.5, 0.6) is 0 Å². The lowest BCUT2D eigenvalue weighted by atomic mass is 9.85. The maximum atomic E-state index is 12.1. The average Bonchev–Trinajstić information content (AvgIpc) is 2.69. The lowest BCUT2D eigenvalue weighted by Gasteiger charge is -2.25. The number of ether oxygens (including phenoxy) is 1. The van der Waals surface area contributed by atoms with Crippen molar-refractivity contribution < 1.29 is 17.9 Å². The molecule has 0 saturated carbocycles. The van der Waals surface area contributed by atoms with E-state index in [0.717, 1.165) is 0 Å². The summed E-state index contributed by atoms with van der Waals surface area (Å²) >= 11 is 0. The Kier molecular flexibility index (Phi) is 5.93. The first-order chi connectivity index (χ1) is 9.21. The molecule has 0 radical (unpaired) electrons. The van der Waals surface area contributed by atoms with Gasteiger partial charge in [-0.15, -0.1) is 0 Å². The molecule has 0 bridgehead atoms. The molecule has 1 aliphatic heterocycles. The minimum absolute atomic E-state index is 0.134. The fraction of sp³-hybridized carbons (Fsp3) is 0.917. The van der Waals surface area contributed by atoms with Gasteiger partial charge in [-0.2, -0.15) is 0 Å². The van der Waals surface area contributed by atoms with Gasteiger partial charge < -0.3 is 15.8 Å². The number of sulfonamides is 1. The van der Waals surface area contributed by atoms with Crippen molar-refractivity contribution in [1.29, 1.82) is 0 Å². The Balaban J connectivity index is 2.36. The zero-order valence-electron chi connectivity index (χ0n) is 12.4. The summed E-state index contributed by atoms with van der Waals surface area (Å²) in [6.45, 7) is 5.54. The summed E-state index contributed by atoms with van der Waals surface area (Å²) < 4.78 is 29.4. The van der Waals surface area contributed by atoms with Crippen LogP contribution in [-0.4, -0.2) is 63.8 Å². The number of rotatable bonds is 7. The van der Waals surface area contributed by atoms with Crippen LogP contribution in [0.2, 0.25) is 0 Å². The van der Waals surface area contributed by atoms with Crippen molar-refractivity contribution in [1.82, 2.24) is 9.62 Å². The van der Waals surface area contributed by atoms with Crippen LogP contribution in [-0.2, 0) is 19.6 Å². The van der Waals surface area contributed by atoms with Crippen LogP contribution in [0.4, 0.5) is 0 Å². The quantitative estimate of drug-likeness (QED) is 0.596. The molecule has 3 N–H and O–H groups in total. The highest BCUT2D eigenvalue weighted by Crippen LogP contribution is 2.26. The number of carbonyl (C=O) groups is 1. The van der Waals surface area contributed by atoms with Crippen molar-refractivity contribution in [3.8, 4) is 0 Å². The molecule has 0 aromatic heterocycles. The van der Waals surface area contributed by atoms with Gasteiger partial charge in [-0.25, -0.2) is 12.7 Å². The second kappa shape index (κ2) is 6.84. The topological polar surface area (TPSA) is 102 Å². The Bertz CT molecular complexity index is 440. The SMILES string of the molecule is CCN(CCCNC(=O)C1(C)COCC1N)S(C)(=O)=O. The molecular formula is C12H25N3O4S. The van der Waals surface area contributed by atoms with Crippen LogP contribution in [0.1, 0.15) is 20.3 Å². The molecule has 0 aliphatic carbocycles. The first kappa shape index (κ1) is 17.4. The Morgan fingerprint density at radius 2 is 2.20 bits per heavy atom. The fourth-order valence-electron chi connectivity index (χ4n) is 2.14. The number of hydrogen-bond donors (Lipinski definition) is 2. The van der Waals surface area contributed by atoms with E-state index in [9.17, 15) is 13.2 Å². The van der Waals surface area contributed by atoms with E-state index in [-0.39, 0.29) is 11.9 Å². The molecule has 20 heavy (non-hydrogen) atoms. The second-order valence-electron chi connectivity index (χ2n) is 5.40. The second-order valence-corrected chi connectivity index (χ2v) is 7.39. The third-order valence-electron chi connectivity index (χ3n) is 3.73. The van der Waals surface area contributed by atoms with Gasteiger partial charge in [0.2, 0.25) is 15.9 Å². The van der Waals surface area contributed by atoms with Gasteiger partial charge in [-0.1, -0.05) is 6.92 Å². The first-order valence-electron chi connectivity index (χ1n) is 6.78. The molecule has 2 unspecified atom stereocenters. The number of carbonyl (C=O) groups excluding carboxylic acids is 1. The minimum atomic E-state index is -3.17. The zero-order valence-corrected chi connectivity index (χ0v) is 13.2. The number of nitrogens with zero attached hydrogens (tertiary/aromatic N) is 1. The molecule has 7 nitrogen and oxygen atoms in total. The van der Waals surface area contributed by atoms with Crippen LogP contribution in [0.15, 0.2) is 0 Å². The van der Waals surface area contributed by atoms with E-state index in [4.69, 9.17) is 10.5 Å². The molecule has 118 valence electrons. The van der Waals surface area contributed by atoms with Gasteiger partial charge in [0, 0.05) is 25.7 Å². The standard InChI is InChI=1S/C12H25N3O4S/c1-4-15(20(3,17)18)7-5-6-14-11(16)12(2)9-19-8-10(12)13/h10H,4-9,13H2,1-3H3,(H,14,16). The van der Waals surface area contributed by atoms with Crippen LogP contribution in [0, 0.1) is 5.41 Å². The van der Waals surface area contributed by atoms with Gasteiger partial charge in [-0.05, 0) is 13.3 Å². The van der Waals surface area contributed by atoms with Gasteiger partial charge in [0.25, 0.3) is 0 Å². The predicted octanol–water partition coefficient (Wildman–Crippen LogP) is -0.862. The fourth-order valence-corrected chi connectivity index (χ4v) is 3.07. The number of nitrogens with two attached hydrogens (primary N) is 1. The molecule has 8 heteroatoms. The molecule has 0 aromatic carbocycles. The summed E-state index contributed by atoms with van der Waals surface area (Å²) in [7, 11) is -3.17. The third kappa shape index (κ3) is 4.15. The van der Waals surface area contributed by atoms with E-state index in [0.29, 0.717) is 39.3 Å². The normalized spacial score (nSPS) is 26.9. The molecular weight excluding hydrogens is 282 g/mol. The molecule has 1 heterocycles. The summed E-state index contributed by atoms with van der Waals surface area (Å²) in [4.78, 5) is 12.1. The van der Waals surface area contributed by atoms with E-state index in [1.165, 1.54) is 10.6 Å². The first-order valence-corrected chi connectivity index (χ1v) is 8.63. The van der Waals surface area contributed by atoms with Crippen molar-refractivity contribution >= 4 is 15.9 Å². The van der Waals surface area contributed by atoms with Crippen LogP contribution in [0.3, 0.4) is 0 Å². The molecule has 1 amide bonds. The highest BCUT2D eigenvalue weighted by molar-refractivity contribution is 7.88. The largest absolute Gasteiger partial charge is 0.379 e. The highest BCUT2D eigenvalue weighted by atomic mass is 32.2. The Labute approximate surface area is 120 Å². The van der Waals surface area contributed by atoms with Gasteiger partial charge in [0.1, 0.15) is 0 Å². The summed E-state index contributed by atoms with van der Waals surface area (Å²) in [5, 5.41) is 2.81. The summed E-state index contributed by atoms with van der Waals surface area (Å²) in [6.07, 6.45) is 1.75. The van der Waals surface area contributed by atoms with Crippen molar-refractivity contribution in [3.05, 3.63) is 0 Å². The van der Waals surface area contributed by atoms with E-state index in [2.05, 4.69) is 5.32 Å². The van der Waals surface area contributed by atoms with Gasteiger partial charge in [-0.3, -0.25) is 4.79 Å². The molecule has 0 spiro atoms. The van der Waals surface area contributed by atoms with Gasteiger partial charge in [0.05, 0.1) is 24.9 Å². The van der Waals surface area contributed by atoms with Crippen LogP contribution < -0.4 is 11.1 Å². The average molecular weight is 307 g/mol. The molecule has 0 aromatic rings. The molecule has 1 aliphatic rings. The van der Waals surface area contributed by atoms with Gasteiger partial charge in [0.15, 0.2) is 0 Å². The molecule has 2 atom stereocenters. The summed E-state index contributed by atoms with van der Waals surface area (Å²) in [6, 6.07) is -0.300. The lowest BCUT2D eigenvalue weighted by Crippen LogP contribution is -2.50. The zero-order chi connectivity index (χ0) is 15.4. The predicted molar refractivity (Wildman–Crippen MR) is 76.6 cm³/mol. The Morgan fingerprint density at radius 3 is 2.65 bits per heavy atom. The molecule has 1 fully saturated rings. The van der Waals surface area contributed by atoms with Crippen molar-refractivity contribution in [2.24, 2.45) is 11.1 Å². The Morgan fingerprint density at radius 1 is 1.55 bits per heavy atom. The molecule has 1 saturated heterocycles. The smallest absolute Gasteiger partial charge is 0.229 e. The number of amides is 1. The molecule has 1 rings (SSSR count). The number of hydrogen-bond acceptors (Lipinski definition) is 5. The Hall–Kier alpha value is -0.700. The summed E-state index contributed by atoms with van der Waals surface area (Å²) in [5.41, 5.74) is 5.18. The van der Waals surface area contributed by atoms with E-state index >= 15 is 0 Å². The van der Waals surface area contributed by atoms with E-state index in [1.807, 2.05) is 0 Å². The lowest BCUT2D eigenvalue weighted by molar-refractivity contribution is -0.130. The minimum Gasteiger partial charge on any atom is -0.379 e. The summed E-state index contributed by atoms with van der Waals surface area (Å²) in [5.74, 6) is -0.134. The monoisotopic (exact) mass is 307 g/mol. The van der Waals surface area contributed by atoms with Crippen LogP contribution in [0.25, 0.3) is 0 Å². The van der Waals surface area contributed by atoms with Crippen molar-refractivity contribution in [2.75, 3.05) is 39.1 Å². The van der Waals surface area contributed by atoms with Crippen molar-refractivity contribution in [2.45, 2.75) is 26.3 Å². The third-order valence-corrected chi connectivity index (χ3v) is 5.11. The highest BCUT2D eigenvalue weighted by Gasteiger charge is 2.44. The maximum absolute atomic E-state index is 12.1. The van der Waals surface area contributed by atoms with Crippen LogP contribution >= 0.6 is 0 Å².